The van der Waals surface area contributed by atoms with Gasteiger partial charge in [0.1, 0.15) is 5.75 Å². The van der Waals surface area contributed by atoms with Gasteiger partial charge in [0.2, 0.25) is 5.91 Å². The van der Waals surface area contributed by atoms with Crippen LogP contribution in [-0.4, -0.2) is 33.5 Å². The molecular weight excluding hydrogens is 300 g/mol. The van der Waals surface area contributed by atoms with Crippen LogP contribution in [0.4, 0.5) is 0 Å². The van der Waals surface area contributed by atoms with Gasteiger partial charge in [0.25, 0.3) is 0 Å². The van der Waals surface area contributed by atoms with E-state index in [1.54, 1.807) is 24.5 Å². The summed E-state index contributed by atoms with van der Waals surface area (Å²) in [6, 6.07) is 11.5. The lowest BCUT2D eigenvalue weighted by molar-refractivity contribution is -0.134. The van der Waals surface area contributed by atoms with E-state index < -0.39 is 0 Å². The summed E-state index contributed by atoms with van der Waals surface area (Å²) >= 11 is 0. The Morgan fingerprint density at radius 1 is 1.17 bits per heavy atom. The zero-order chi connectivity index (χ0) is 16.8. The van der Waals surface area contributed by atoms with Crippen LogP contribution >= 0.6 is 0 Å². The van der Waals surface area contributed by atoms with E-state index in [4.69, 9.17) is 0 Å². The summed E-state index contributed by atoms with van der Waals surface area (Å²) in [5.74, 6) is 0.503. The Morgan fingerprint density at radius 3 is 2.75 bits per heavy atom. The SMILES string of the molecule is O=C(Cc1cccnc1)N1CCCCC1CCc1ccc(O)cc1. The molecule has 0 aliphatic carbocycles. The summed E-state index contributed by atoms with van der Waals surface area (Å²) < 4.78 is 0. The molecule has 1 aromatic carbocycles. The second-order valence-electron chi connectivity index (χ2n) is 6.48. The highest BCUT2D eigenvalue weighted by atomic mass is 16.3. The van der Waals surface area contributed by atoms with Gasteiger partial charge in [-0.3, -0.25) is 9.78 Å². The van der Waals surface area contributed by atoms with Gasteiger partial charge in [0, 0.05) is 25.0 Å². The first-order valence-electron chi connectivity index (χ1n) is 8.68. The molecule has 1 aromatic heterocycles. The molecule has 4 heteroatoms. The molecule has 1 fully saturated rings. The van der Waals surface area contributed by atoms with E-state index >= 15 is 0 Å². The number of carbonyl (C=O) groups is 1. The van der Waals surface area contributed by atoms with Crippen molar-refractivity contribution in [1.29, 1.82) is 0 Å². The van der Waals surface area contributed by atoms with Crippen molar-refractivity contribution in [1.82, 2.24) is 9.88 Å². The molecule has 1 N–H and O–H groups in total. The molecule has 1 amide bonds. The average molecular weight is 324 g/mol. The predicted molar refractivity (Wildman–Crippen MR) is 93.7 cm³/mol. The number of piperidine rings is 1. The molecule has 2 aromatic rings. The highest BCUT2D eigenvalue weighted by Gasteiger charge is 2.26. The Balaban J connectivity index is 1.60. The summed E-state index contributed by atoms with van der Waals surface area (Å²) in [7, 11) is 0. The number of phenolic OH excluding ortho intramolecular Hbond substituents is 1. The third kappa shape index (κ3) is 4.34. The number of amides is 1. The molecule has 1 aliphatic heterocycles. The Kier molecular flexibility index (Phi) is 5.47. The smallest absolute Gasteiger partial charge is 0.227 e. The van der Waals surface area contributed by atoms with Crippen molar-refractivity contribution >= 4 is 5.91 Å². The molecule has 0 radical (unpaired) electrons. The molecule has 0 bridgehead atoms. The standard InChI is InChI=1S/C20H24N2O2/c23-19-10-7-16(8-11-19)6-9-18-5-1-2-13-22(18)20(24)14-17-4-3-12-21-15-17/h3-4,7-8,10-12,15,18,23H,1-2,5-6,9,13-14H2. The van der Waals surface area contributed by atoms with Crippen molar-refractivity contribution in [3.05, 3.63) is 59.9 Å². The number of rotatable bonds is 5. The lowest BCUT2D eigenvalue weighted by atomic mass is 9.95. The highest BCUT2D eigenvalue weighted by Crippen LogP contribution is 2.23. The number of hydrogen-bond donors (Lipinski definition) is 1. The normalized spacial score (nSPS) is 17.7. The molecular formula is C20H24N2O2. The third-order valence-corrected chi connectivity index (χ3v) is 4.73. The predicted octanol–water partition coefficient (Wildman–Crippen LogP) is 3.34. The quantitative estimate of drug-likeness (QED) is 0.918. The summed E-state index contributed by atoms with van der Waals surface area (Å²) in [5.41, 5.74) is 2.18. The van der Waals surface area contributed by atoms with Crippen LogP contribution in [0.5, 0.6) is 5.75 Å². The van der Waals surface area contributed by atoms with Crippen LogP contribution in [-0.2, 0) is 17.6 Å². The Labute approximate surface area is 143 Å². The number of aromatic hydroxyl groups is 1. The molecule has 1 aliphatic rings. The maximum Gasteiger partial charge on any atom is 0.227 e. The fourth-order valence-corrected chi connectivity index (χ4v) is 3.40. The Hall–Kier alpha value is -2.36. The second kappa shape index (κ2) is 7.95. The number of nitrogens with zero attached hydrogens (tertiary/aromatic N) is 2. The zero-order valence-corrected chi connectivity index (χ0v) is 13.9. The van der Waals surface area contributed by atoms with Crippen molar-refractivity contribution < 1.29 is 9.90 Å². The van der Waals surface area contributed by atoms with Gasteiger partial charge in [-0.2, -0.15) is 0 Å². The number of benzene rings is 1. The molecule has 3 rings (SSSR count). The van der Waals surface area contributed by atoms with Crippen LogP contribution in [0, 0.1) is 0 Å². The van der Waals surface area contributed by atoms with Crippen LogP contribution < -0.4 is 0 Å². The van der Waals surface area contributed by atoms with E-state index in [1.165, 1.54) is 12.0 Å². The molecule has 1 saturated heterocycles. The van der Waals surface area contributed by atoms with Gasteiger partial charge in [-0.25, -0.2) is 0 Å². The summed E-state index contributed by atoms with van der Waals surface area (Å²) in [5, 5.41) is 9.37. The summed E-state index contributed by atoms with van der Waals surface area (Å²) in [6.45, 7) is 0.860. The molecule has 24 heavy (non-hydrogen) atoms. The van der Waals surface area contributed by atoms with Crippen LogP contribution in [0.25, 0.3) is 0 Å². The molecule has 126 valence electrons. The number of likely N-dealkylation sites (tertiary alicyclic amines) is 1. The number of carbonyl (C=O) groups excluding carboxylic acids is 1. The monoisotopic (exact) mass is 324 g/mol. The van der Waals surface area contributed by atoms with Gasteiger partial charge in [-0.15, -0.1) is 0 Å². The minimum Gasteiger partial charge on any atom is -0.508 e. The minimum absolute atomic E-state index is 0.207. The first-order chi connectivity index (χ1) is 11.7. The molecule has 1 atom stereocenters. The van der Waals surface area contributed by atoms with Gasteiger partial charge in [-0.05, 0) is 61.4 Å². The summed E-state index contributed by atoms with van der Waals surface area (Å²) in [6.07, 6.45) is 9.21. The number of aromatic nitrogens is 1. The van der Waals surface area contributed by atoms with Gasteiger partial charge >= 0.3 is 0 Å². The topological polar surface area (TPSA) is 53.4 Å². The van der Waals surface area contributed by atoms with Crippen molar-refractivity contribution in [3.8, 4) is 5.75 Å². The lowest BCUT2D eigenvalue weighted by Gasteiger charge is -2.36. The number of pyridine rings is 1. The van der Waals surface area contributed by atoms with Crippen LogP contribution in [0.15, 0.2) is 48.8 Å². The molecule has 0 spiro atoms. The second-order valence-corrected chi connectivity index (χ2v) is 6.48. The first-order valence-corrected chi connectivity index (χ1v) is 8.68. The molecule has 1 unspecified atom stereocenters. The van der Waals surface area contributed by atoms with Gasteiger partial charge in [0.15, 0.2) is 0 Å². The average Bonchev–Trinajstić information content (AvgIpc) is 2.62. The number of aryl methyl sites for hydroxylation is 1. The largest absolute Gasteiger partial charge is 0.508 e. The third-order valence-electron chi connectivity index (χ3n) is 4.73. The van der Waals surface area contributed by atoms with E-state index in [-0.39, 0.29) is 5.91 Å². The van der Waals surface area contributed by atoms with E-state index in [9.17, 15) is 9.90 Å². The van der Waals surface area contributed by atoms with Crippen LogP contribution in [0.2, 0.25) is 0 Å². The van der Waals surface area contributed by atoms with E-state index in [0.29, 0.717) is 18.2 Å². The zero-order valence-electron chi connectivity index (χ0n) is 13.9. The van der Waals surface area contributed by atoms with Crippen molar-refractivity contribution in [3.63, 3.8) is 0 Å². The van der Waals surface area contributed by atoms with E-state index in [1.807, 2.05) is 24.3 Å². The van der Waals surface area contributed by atoms with Gasteiger partial charge < -0.3 is 10.0 Å². The van der Waals surface area contributed by atoms with E-state index in [0.717, 1.165) is 37.8 Å². The molecule has 0 saturated carbocycles. The Bertz CT molecular complexity index is 655. The van der Waals surface area contributed by atoms with Crippen LogP contribution in [0.1, 0.15) is 36.8 Å². The van der Waals surface area contributed by atoms with Crippen molar-refractivity contribution in [2.24, 2.45) is 0 Å². The maximum absolute atomic E-state index is 12.7. The lowest BCUT2D eigenvalue weighted by Crippen LogP contribution is -2.44. The van der Waals surface area contributed by atoms with Gasteiger partial charge in [0.05, 0.1) is 6.42 Å². The summed E-state index contributed by atoms with van der Waals surface area (Å²) in [4.78, 5) is 18.9. The number of phenols is 1. The highest BCUT2D eigenvalue weighted by molar-refractivity contribution is 5.79. The van der Waals surface area contributed by atoms with E-state index in [2.05, 4.69) is 9.88 Å². The fraction of sp³-hybridized carbons (Fsp3) is 0.400. The fourth-order valence-electron chi connectivity index (χ4n) is 3.40. The molecule has 2 heterocycles. The van der Waals surface area contributed by atoms with Crippen LogP contribution in [0.3, 0.4) is 0 Å². The van der Waals surface area contributed by atoms with Crippen molar-refractivity contribution in [2.75, 3.05) is 6.54 Å². The van der Waals surface area contributed by atoms with Gasteiger partial charge in [-0.1, -0.05) is 18.2 Å². The maximum atomic E-state index is 12.7. The molecule has 4 nitrogen and oxygen atoms in total. The van der Waals surface area contributed by atoms with Crippen molar-refractivity contribution in [2.45, 2.75) is 44.6 Å². The number of hydrogen-bond acceptors (Lipinski definition) is 3. The minimum atomic E-state index is 0.207. The first kappa shape index (κ1) is 16.5. The Morgan fingerprint density at radius 2 is 2.00 bits per heavy atom.